The maximum Gasteiger partial charge on any atom is 0.416 e. The molecule has 1 amide bonds. The molecule has 0 unspecified atom stereocenters. The second-order valence-corrected chi connectivity index (χ2v) is 4.10. The molecule has 1 aromatic rings. The van der Waals surface area contributed by atoms with Crippen LogP contribution in [0.15, 0.2) is 18.2 Å². The Morgan fingerprint density at radius 3 is 2.48 bits per heavy atom. The summed E-state index contributed by atoms with van der Waals surface area (Å²) in [4.78, 5) is 23.0. The number of carbonyl (C=O) groups is 1. The molecule has 0 saturated heterocycles. The fourth-order valence-electron chi connectivity index (χ4n) is 1.73. The highest BCUT2D eigenvalue weighted by atomic mass is 19.4. The van der Waals surface area contributed by atoms with Gasteiger partial charge in [-0.3, -0.25) is 14.9 Å². The summed E-state index contributed by atoms with van der Waals surface area (Å²) >= 11 is 0. The third kappa shape index (κ3) is 3.91. The van der Waals surface area contributed by atoms with Gasteiger partial charge in [0.05, 0.1) is 17.1 Å². The van der Waals surface area contributed by atoms with Crippen LogP contribution in [0.4, 0.5) is 18.9 Å². The van der Waals surface area contributed by atoms with Crippen LogP contribution in [0.3, 0.4) is 0 Å². The number of rotatable bonds is 5. The number of halogens is 3. The van der Waals surface area contributed by atoms with Gasteiger partial charge in [0, 0.05) is 19.2 Å². The Morgan fingerprint density at radius 2 is 2.05 bits per heavy atom. The van der Waals surface area contributed by atoms with Crippen molar-refractivity contribution in [3.8, 4) is 0 Å². The van der Waals surface area contributed by atoms with Gasteiger partial charge in [0.1, 0.15) is 5.56 Å². The fraction of sp³-hybridized carbons (Fsp3) is 0.417. The van der Waals surface area contributed by atoms with Gasteiger partial charge in [-0.15, -0.1) is 0 Å². The first kappa shape index (κ1) is 16.9. The summed E-state index contributed by atoms with van der Waals surface area (Å²) in [7, 11) is 0. The fourth-order valence-corrected chi connectivity index (χ4v) is 1.73. The van der Waals surface area contributed by atoms with Gasteiger partial charge in [-0.05, 0) is 19.1 Å². The molecule has 0 heterocycles. The lowest BCUT2D eigenvalue weighted by molar-refractivity contribution is -0.385. The van der Waals surface area contributed by atoms with E-state index in [0.29, 0.717) is 12.1 Å². The number of alkyl halides is 3. The summed E-state index contributed by atoms with van der Waals surface area (Å²) in [6, 6.07) is 1.73. The minimum atomic E-state index is -4.73. The highest BCUT2D eigenvalue weighted by Gasteiger charge is 2.34. The average Bonchev–Trinajstić information content (AvgIpc) is 2.42. The molecular weight excluding hydrogens is 293 g/mol. The molecule has 0 fully saturated rings. The number of amides is 1. The maximum absolute atomic E-state index is 12.6. The second kappa shape index (κ2) is 6.53. The van der Waals surface area contributed by atoms with E-state index in [1.807, 2.05) is 0 Å². The zero-order valence-electron chi connectivity index (χ0n) is 11.1. The Hall–Kier alpha value is -2.16. The summed E-state index contributed by atoms with van der Waals surface area (Å²) < 4.78 is 37.7. The van der Waals surface area contributed by atoms with Crippen LogP contribution in [0.1, 0.15) is 22.8 Å². The van der Waals surface area contributed by atoms with Gasteiger partial charge < -0.3 is 10.0 Å². The van der Waals surface area contributed by atoms with Crippen molar-refractivity contribution in [3.05, 3.63) is 39.4 Å². The number of aliphatic hydroxyl groups is 1. The van der Waals surface area contributed by atoms with Crippen LogP contribution < -0.4 is 0 Å². The topological polar surface area (TPSA) is 83.7 Å². The molecule has 0 radical (unpaired) electrons. The van der Waals surface area contributed by atoms with Crippen LogP contribution in [0, 0.1) is 10.1 Å². The van der Waals surface area contributed by atoms with E-state index in [9.17, 15) is 28.1 Å². The highest BCUT2D eigenvalue weighted by Crippen LogP contribution is 2.33. The van der Waals surface area contributed by atoms with Crippen molar-refractivity contribution in [2.75, 3.05) is 19.7 Å². The van der Waals surface area contributed by atoms with Crippen molar-refractivity contribution in [1.29, 1.82) is 0 Å². The Kier molecular flexibility index (Phi) is 5.25. The molecule has 21 heavy (non-hydrogen) atoms. The first-order valence-corrected chi connectivity index (χ1v) is 5.98. The van der Waals surface area contributed by atoms with Crippen LogP contribution in [0.2, 0.25) is 0 Å². The molecule has 0 bridgehead atoms. The van der Waals surface area contributed by atoms with E-state index >= 15 is 0 Å². The lowest BCUT2D eigenvalue weighted by atomic mass is 10.1. The van der Waals surface area contributed by atoms with Gasteiger partial charge in [-0.1, -0.05) is 0 Å². The number of nitrogens with zero attached hydrogens (tertiary/aromatic N) is 2. The summed E-state index contributed by atoms with van der Waals surface area (Å²) in [5.41, 5.74) is -2.55. The second-order valence-electron chi connectivity index (χ2n) is 4.10. The van der Waals surface area contributed by atoms with Gasteiger partial charge in [-0.25, -0.2) is 0 Å². The van der Waals surface area contributed by atoms with Gasteiger partial charge in [-0.2, -0.15) is 13.2 Å². The smallest absolute Gasteiger partial charge is 0.395 e. The molecule has 0 aliphatic carbocycles. The Morgan fingerprint density at radius 1 is 1.43 bits per heavy atom. The predicted molar refractivity (Wildman–Crippen MR) is 66.8 cm³/mol. The summed E-state index contributed by atoms with van der Waals surface area (Å²) in [5, 5.41) is 19.7. The normalized spacial score (nSPS) is 11.3. The zero-order chi connectivity index (χ0) is 16.2. The van der Waals surface area contributed by atoms with Crippen LogP contribution in [0.25, 0.3) is 0 Å². The number of aliphatic hydroxyl groups excluding tert-OH is 1. The average molecular weight is 306 g/mol. The van der Waals surface area contributed by atoms with Crippen molar-refractivity contribution in [2.45, 2.75) is 13.1 Å². The first-order chi connectivity index (χ1) is 9.72. The van der Waals surface area contributed by atoms with E-state index < -0.39 is 33.8 Å². The predicted octanol–water partition coefficient (Wildman–Crippen LogP) is 2.07. The van der Waals surface area contributed by atoms with Crippen LogP contribution >= 0.6 is 0 Å². The molecule has 9 heteroatoms. The number of hydrogen-bond donors (Lipinski definition) is 1. The number of nitro benzene ring substituents is 1. The summed E-state index contributed by atoms with van der Waals surface area (Å²) in [5.74, 6) is -0.799. The largest absolute Gasteiger partial charge is 0.416 e. The van der Waals surface area contributed by atoms with Crippen LogP contribution in [0.5, 0.6) is 0 Å². The van der Waals surface area contributed by atoms with E-state index in [1.54, 1.807) is 6.92 Å². The van der Waals surface area contributed by atoms with E-state index in [1.165, 1.54) is 0 Å². The monoisotopic (exact) mass is 306 g/mol. The lowest BCUT2D eigenvalue weighted by Crippen LogP contribution is -2.33. The standard InChI is InChI=1S/C12H13F3N2O4/c1-2-16(5-6-18)11(19)9-4-3-8(12(13,14)15)7-10(9)17(20)21/h3-4,7,18H,2,5-6H2,1H3. The molecule has 0 aliphatic rings. The van der Waals surface area contributed by atoms with Crippen LogP contribution in [-0.4, -0.2) is 40.5 Å². The Bertz CT molecular complexity index is 546. The van der Waals surface area contributed by atoms with Gasteiger partial charge in [0.2, 0.25) is 0 Å². The van der Waals surface area contributed by atoms with Crippen LogP contribution in [-0.2, 0) is 6.18 Å². The lowest BCUT2D eigenvalue weighted by Gasteiger charge is -2.19. The van der Waals surface area contributed by atoms with E-state index in [4.69, 9.17) is 5.11 Å². The summed E-state index contributed by atoms with van der Waals surface area (Å²) in [6.07, 6.45) is -4.73. The molecular formula is C12H13F3N2O4. The van der Waals surface area contributed by atoms with E-state index in [0.717, 1.165) is 11.0 Å². The minimum Gasteiger partial charge on any atom is -0.395 e. The summed E-state index contributed by atoms with van der Waals surface area (Å²) in [6.45, 7) is 1.34. The van der Waals surface area contributed by atoms with E-state index in [-0.39, 0.29) is 19.7 Å². The number of carbonyl (C=O) groups excluding carboxylic acids is 1. The zero-order valence-corrected chi connectivity index (χ0v) is 11.1. The molecule has 6 nitrogen and oxygen atoms in total. The van der Waals surface area contributed by atoms with Crippen molar-refractivity contribution >= 4 is 11.6 Å². The Labute approximate surface area is 117 Å². The molecule has 116 valence electrons. The molecule has 1 N–H and O–H groups in total. The quantitative estimate of drug-likeness (QED) is 0.666. The first-order valence-electron chi connectivity index (χ1n) is 5.98. The molecule has 0 saturated carbocycles. The highest BCUT2D eigenvalue weighted by molar-refractivity contribution is 5.98. The number of hydrogen-bond acceptors (Lipinski definition) is 4. The number of benzene rings is 1. The SMILES string of the molecule is CCN(CCO)C(=O)c1ccc(C(F)(F)F)cc1[N+](=O)[O-]. The third-order valence-electron chi connectivity index (χ3n) is 2.79. The molecule has 1 aromatic carbocycles. The molecule has 0 aliphatic heterocycles. The Balaban J connectivity index is 3.30. The maximum atomic E-state index is 12.6. The molecule has 0 spiro atoms. The molecule has 1 rings (SSSR count). The van der Waals surface area contributed by atoms with Gasteiger partial charge in [0.25, 0.3) is 11.6 Å². The third-order valence-corrected chi connectivity index (χ3v) is 2.79. The van der Waals surface area contributed by atoms with Crippen molar-refractivity contribution in [1.82, 2.24) is 4.90 Å². The van der Waals surface area contributed by atoms with Crippen molar-refractivity contribution in [2.24, 2.45) is 0 Å². The molecule has 0 aromatic heterocycles. The van der Waals surface area contributed by atoms with Crippen molar-refractivity contribution < 1.29 is 28.0 Å². The van der Waals surface area contributed by atoms with E-state index in [2.05, 4.69) is 0 Å². The number of likely N-dealkylation sites (N-methyl/N-ethyl adjacent to an activating group) is 1. The van der Waals surface area contributed by atoms with Crippen molar-refractivity contribution in [3.63, 3.8) is 0 Å². The van der Waals surface area contributed by atoms with Gasteiger partial charge in [0.15, 0.2) is 0 Å². The number of nitro groups is 1. The molecule has 0 atom stereocenters. The minimum absolute atomic E-state index is 0.0620. The van der Waals surface area contributed by atoms with Gasteiger partial charge >= 0.3 is 6.18 Å².